The van der Waals surface area contributed by atoms with Crippen LogP contribution < -0.4 is 16.2 Å². The molecular weight excluding hydrogens is 358 g/mol. The normalized spacial score (nSPS) is 10.7. The minimum Gasteiger partial charge on any atom is -0.367 e. The number of hydrogen-bond acceptors (Lipinski definition) is 6. The number of nitrogens with zero attached hydrogens (tertiary/aromatic N) is 4. The smallest absolute Gasteiger partial charge is 0.259 e. The number of fused-ring (bicyclic) bond motifs is 3. The number of H-pyrrole nitrogens is 1. The van der Waals surface area contributed by atoms with Crippen molar-refractivity contribution in [3.8, 4) is 6.07 Å². The Hall–Kier alpha value is -4.19. The SMILES string of the molecule is N#Cc1cccnc1NCCNC(=O)c1cnn2c1[nH]c(=O)c1ccccc12. The van der Waals surface area contributed by atoms with Crippen molar-refractivity contribution in [2.24, 2.45) is 0 Å². The number of para-hydroxylation sites is 1. The molecule has 0 aliphatic carbocycles. The fourth-order valence-corrected chi connectivity index (χ4v) is 2.93. The highest BCUT2D eigenvalue weighted by atomic mass is 16.2. The van der Waals surface area contributed by atoms with Gasteiger partial charge in [-0.3, -0.25) is 9.59 Å². The van der Waals surface area contributed by atoms with Crippen LogP contribution in [0.15, 0.2) is 53.6 Å². The number of anilines is 1. The molecule has 0 fully saturated rings. The lowest BCUT2D eigenvalue weighted by Gasteiger charge is -2.08. The van der Waals surface area contributed by atoms with E-state index in [0.29, 0.717) is 41.0 Å². The molecule has 0 saturated carbocycles. The Balaban J connectivity index is 1.49. The molecule has 0 atom stereocenters. The largest absolute Gasteiger partial charge is 0.367 e. The van der Waals surface area contributed by atoms with Gasteiger partial charge in [-0.05, 0) is 24.3 Å². The zero-order valence-corrected chi connectivity index (χ0v) is 14.6. The zero-order chi connectivity index (χ0) is 19.5. The van der Waals surface area contributed by atoms with Crippen molar-refractivity contribution in [1.29, 1.82) is 5.26 Å². The zero-order valence-electron chi connectivity index (χ0n) is 14.6. The van der Waals surface area contributed by atoms with Crippen molar-refractivity contribution >= 4 is 28.3 Å². The molecule has 4 aromatic rings. The summed E-state index contributed by atoms with van der Waals surface area (Å²) in [6.07, 6.45) is 3.01. The fourth-order valence-electron chi connectivity index (χ4n) is 2.93. The third kappa shape index (κ3) is 3.03. The van der Waals surface area contributed by atoms with E-state index in [0.717, 1.165) is 0 Å². The molecule has 0 aliphatic rings. The van der Waals surface area contributed by atoms with Crippen LogP contribution in [0.5, 0.6) is 0 Å². The second-order valence-electron chi connectivity index (χ2n) is 5.98. The van der Waals surface area contributed by atoms with Gasteiger partial charge in [-0.15, -0.1) is 0 Å². The number of pyridine rings is 1. The highest BCUT2D eigenvalue weighted by Crippen LogP contribution is 2.14. The molecule has 9 nitrogen and oxygen atoms in total. The number of carbonyl (C=O) groups is 1. The number of amides is 1. The number of nitrogens with one attached hydrogen (secondary N) is 3. The number of carbonyl (C=O) groups excluding carboxylic acids is 1. The lowest BCUT2D eigenvalue weighted by molar-refractivity contribution is 0.0956. The third-order valence-electron chi connectivity index (χ3n) is 4.25. The van der Waals surface area contributed by atoms with E-state index in [2.05, 4.69) is 31.8 Å². The second kappa shape index (κ2) is 7.20. The molecule has 0 saturated heterocycles. The number of aromatic amines is 1. The maximum atomic E-state index is 12.5. The van der Waals surface area contributed by atoms with Crippen LogP contribution in [0.25, 0.3) is 16.6 Å². The van der Waals surface area contributed by atoms with Crippen LogP contribution in [-0.2, 0) is 0 Å². The number of rotatable bonds is 5. The predicted octanol–water partition coefficient (Wildman–Crippen LogP) is 1.28. The predicted molar refractivity (Wildman–Crippen MR) is 103 cm³/mol. The summed E-state index contributed by atoms with van der Waals surface area (Å²) in [4.78, 5) is 31.6. The Morgan fingerprint density at radius 3 is 2.93 bits per heavy atom. The molecule has 4 rings (SSSR count). The maximum Gasteiger partial charge on any atom is 0.259 e. The quantitative estimate of drug-likeness (QED) is 0.452. The van der Waals surface area contributed by atoms with Crippen molar-refractivity contribution in [3.63, 3.8) is 0 Å². The van der Waals surface area contributed by atoms with Gasteiger partial charge in [-0.1, -0.05) is 12.1 Å². The van der Waals surface area contributed by atoms with Gasteiger partial charge in [0.15, 0.2) is 0 Å². The van der Waals surface area contributed by atoms with Crippen LogP contribution in [0.2, 0.25) is 0 Å². The molecule has 1 aromatic carbocycles. The Bertz CT molecular complexity index is 1280. The molecule has 3 N–H and O–H groups in total. The minimum atomic E-state index is -0.357. The van der Waals surface area contributed by atoms with E-state index in [1.807, 2.05) is 0 Å². The lowest BCUT2D eigenvalue weighted by Crippen LogP contribution is -2.29. The van der Waals surface area contributed by atoms with Gasteiger partial charge in [0.2, 0.25) is 0 Å². The van der Waals surface area contributed by atoms with Gasteiger partial charge < -0.3 is 15.6 Å². The van der Waals surface area contributed by atoms with E-state index in [-0.39, 0.29) is 17.0 Å². The molecule has 138 valence electrons. The minimum absolute atomic E-state index is 0.276. The monoisotopic (exact) mass is 373 g/mol. The van der Waals surface area contributed by atoms with Gasteiger partial charge in [-0.25, -0.2) is 9.50 Å². The van der Waals surface area contributed by atoms with Crippen LogP contribution >= 0.6 is 0 Å². The first kappa shape index (κ1) is 17.2. The molecule has 0 radical (unpaired) electrons. The molecule has 3 heterocycles. The Morgan fingerprint density at radius 1 is 1.21 bits per heavy atom. The molecule has 3 aromatic heterocycles. The van der Waals surface area contributed by atoms with E-state index in [1.165, 1.54) is 10.7 Å². The van der Waals surface area contributed by atoms with E-state index in [4.69, 9.17) is 5.26 Å². The molecular formula is C19H15N7O2. The van der Waals surface area contributed by atoms with Gasteiger partial charge in [0.05, 0.1) is 22.7 Å². The van der Waals surface area contributed by atoms with E-state index >= 15 is 0 Å². The van der Waals surface area contributed by atoms with E-state index in [9.17, 15) is 9.59 Å². The van der Waals surface area contributed by atoms with Gasteiger partial charge in [0.25, 0.3) is 11.5 Å². The average molecular weight is 373 g/mol. The van der Waals surface area contributed by atoms with Crippen molar-refractivity contribution in [2.45, 2.75) is 0 Å². The van der Waals surface area contributed by atoms with Crippen LogP contribution in [0.4, 0.5) is 5.82 Å². The van der Waals surface area contributed by atoms with Crippen molar-refractivity contribution < 1.29 is 4.79 Å². The average Bonchev–Trinajstić information content (AvgIpc) is 3.15. The molecule has 0 bridgehead atoms. The van der Waals surface area contributed by atoms with E-state index in [1.54, 1.807) is 42.6 Å². The second-order valence-corrected chi connectivity index (χ2v) is 5.98. The first-order chi connectivity index (χ1) is 13.7. The highest BCUT2D eigenvalue weighted by molar-refractivity contribution is 6.00. The first-order valence-corrected chi connectivity index (χ1v) is 8.55. The summed E-state index contributed by atoms with van der Waals surface area (Å²) in [6, 6.07) is 12.4. The van der Waals surface area contributed by atoms with Crippen molar-refractivity contribution in [3.05, 3.63) is 70.3 Å². The molecule has 28 heavy (non-hydrogen) atoms. The first-order valence-electron chi connectivity index (χ1n) is 8.55. The molecule has 9 heteroatoms. The molecule has 0 unspecified atom stereocenters. The van der Waals surface area contributed by atoms with Gasteiger partial charge in [0.1, 0.15) is 23.1 Å². The summed E-state index contributed by atoms with van der Waals surface area (Å²) in [6.45, 7) is 0.686. The number of aromatic nitrogens is 4. The fraction of sp³-hybridized carbons (Fsp3) is 0.105. The van der Waals surface area contributed by atoms with Crippen LogP contribution in [-0.4, -0.2) is 38.6 Å². The summed E-state index contributed by atoms with van der Waals surface area (Å²) >= 11 is 0. The maximum absolute atomic E-state index is 12.5. The van der Waals surface area contributed by atoms with Crippen LogP contribution in [0.3, 0.4) is 0 Å². The third-order valence-corrected chi connectivity index (χ3v) is 4.25. The topological polar surface area (TPSA) is 128 Å². The summed E-state index contributed by atoms with van der Waals surface area (Å²) in [5.74, 6) is 0.107. The summed E-state index contributed by atoms with van der Waals surface area (Å²) < 4.78 is 1.54. The van der Waals surface area contributed by atoms with Gasteiger partial charge in [0, 0.05) is 19.3 Å². The van der Waals surface area contributed by atoms with E-state index < -0.39 is 0 Å². The van der Waals surface area contributed by atoms with Gasteiger partial charge in [-0.2, -0.15) is 10.4 Å². The summed E-state index contributed by atoms with van der Waals surface area (Å²) in [7, 11) is 0. The molecule has 0 spiro atoms. The van der Waals surface area contributed by atoms with Crippen molar-refractivity contribution in [2.75, 3.05) is 18.4 Å². The highest BCUT2D eigenvalue weighted by Gasteiger charge is 2.15. The Labute approximate surface area is 158 Å². The summed E-state index contributed by atoms with van der Waals surface area (Å²) in [5, 5.41) is 19.6. The number of benzene rings is 1. The molecule has 1 amide bonds. The lowest BCUT2D eigenvalue weighted by atomic mass is 10.2. The Morgan fingerprint density at radius 2 is 2.07 bits per heavy atom. The number of nitriles is 1. The summed E-state index contributed by atoms with van der Waals surface area (Å²) in [5.41, 5.74) is 1.39. The Kier molecular flexibility index (Phi) is 4.43. The van der Waals surface area contributed by atoms with Gasteiger partial charge >= 0.3 is 0 Å². The molecule has 0 aliphatic heterocycles. The standard InChI is InChI=1S/C19H15N7O2/c20-10-12-4-3-7-21-16(12)22-8-9-23-18(27)14-11-24-26-15-6-2-1-5-13(15)19(28)25-17(14)26/h1-7,11H,8-9H2,(H,21,22)(H,23,27)(H,25,28). The number of hydrogen-bond donors (Lipinski definition) is 3. The van der Waals surface area contributed by atoms with Crippen molar-refractivity contribution in [1.82, 2.24) is 24.9 Å². The van der Waals surface area contributed by atoms with Crippen LogP contribution in [0, 0.1) is 11.3 Å². The van der Waals surface area contributed by atoms with Crippen LogP contribution in [0.1, 0.15) is 15.9 Å².